The molecule has 1 aromatic rings. The van der Waals surface area contributed by atoms with Gasteiger partial charge in [0.1, 0.15) is 5.82 Å². The fourth-order valence-electron chi connectivity index (χ4n) is 2.40. The molecule has 2 rings (SSSR count). The van der Waals surface area contributed by atoms with E-state index in [1.807, 2.05) is 32.5 Å². The summed E-state index contributed by atoms with van der Waals surface area (Å²) in [6, 6.07) is 0.224. The number of amides is 1. The maximum atomic E-state index is 12.0. The Balaban J connectivity index is 1.95. The molecule has 0 bridgehead atoms. The molecule has 0 spiro atoms. The lowest BCUT2D eigenvalue weighted by molar-refractivity contribution is -0.128. The van der Waals surface area contributed by atoms with Crippen molar-refractivity contribution in [1.29, 1.82) is 0 Å². The molecule has 0 aromatic carbocycles. The van der Waals surface area contributed by atoms with Crippen LogP contribution in [0.1, 0.15) is 38.4 Å². The topological polar surface area (TPSA) is 63.1 Å². The molecule has 6 nitrogen and oxygen atoms in total. The number of rotatable bonds is 5. The predicted molar refractivity (Wildman–Crippen MR) is 84.5 cm³/mol. The third kappa shape index (κ3) is 3.97. The molecule has 1 saturated heterocycles. The van der Waals surface area contributed by atoms with Crippen molar-refractivity contribution in [1.82, 2.24) is 25.0 Å². The van der Waals surface area contributed by atoms with E-state index in [1.54, 1.807) is 4.90 Å². The lowest BCUT2D eigenvalue weighted by Crippen LogP contribution is -2.34. The summed E-state index contributed by atoms with van der Waals surface area (Å²) >= 11 is 1.46. The number of piperidine rings is 1. The Morgan fingerprint density at radius 2 is 2.29 bits per heavy atom. The number of hydrogen-bond acceptors (Lipinski definition) is 5. The quantitative estimate of drug-likeness (QED) is 0.829. The fourth-order valence-corrected chi connectivity index (χ4v) is 3.24. The minimum Gasteiger partial charge on any atom is -0.343 e. The van der Waals surface area contributed by atoms with Crippen LogP contribution in [-0.4, -0.2) is 57.5 Å². The summed E-state index contributed by atoms with van der Waals surface area (Å²) in [5, 5.41) is 12.8. The molecule has 1 amide bonds. The van der Waals surface area contributed by atoms with Crippen molar-refractivity contribution in [3.63, 3.8) is 0 Å². The number of nitrogens with one attached hydrogen (secondary N) is 1. The third-order valence-corrected chi connectivity index (χ3v) is 5.03. The van der Waals surface area contributed by atoms with Gasteiger partial charge >= 0.3 is 0 Å². The zero-order valence-corrected chi connectivity index (χ0v) is 14.1. The van der Waals surface area contributed by atoms with Crippen LogP contribution in [0, 0.1) is 0 Å². The number of carbonyl (C=O) groups is 1. The molecule has 118 valence electrons. The van der Waals surface area contributed by atoms with Crippen molar-refractivity contribution in [2.45, 2.75) is 43.8 Å². The zero-order chi connectivity index (χ0) is 15.4. The normalized spacial score (nSPS) is 19.0. The van der Waals surface area contributed by atoms with E-state index in [4.69, 9.17) is 0 Å². The molecule has 0 unspecified atom stereocenters. The van der Waals surface area contributed by atoms with Gasteiger partial charge in [-0.2, -0.15) is 0 Å². The van der Waals surface area contributed by atoms with Crippen molar-refractivity contribution in [2.75, 3.05) is 25.9 Å². The summed E-state index contributed by atoms with van der Waals surface area (Å²) in [4.78, 5) is 13.8. The summed E-state index contributed by atoms with van der Waals surface area (Å²) in [6.45, 7) is 6.08. The van der Waals surface area contributed by atoms with Crippen LogP contribution in [0.2, 0.25) is 0 Å². The first-order valence-corrected chi connectivity index (χ1v) is 8.47. The molecule has 0 saturated carbocycles. The van der Waals surface area contributed by atoms with Crippen molar-refractivity contribution in [3.8, 4) is 0 Å². The highest BCUT2D eigenvalue weighted by Gasteiger charge is 2.22. The molecular formula is C14H25N5OS. The van der Waals surface area contributed by atoms with Gasteiger partial charge in [0, 0.05) is 32.6 Å². The SMILES string of the molecule is CC(C)N(C)C(=O)CSc1nnc([C@H]2CCCNC2)n1C. The van der Waals surface area contributed by atoms with Crippen molar-refractivity contribution >= 4 is 17.7 Å². The second-order valence-corrected chi connectivity index (χ2v) is 6.77. The molecular weight excluding hydrogens is 286 g/mol. The van der Waals surface area contributed by atoms with Crippen molar-refractivity contribution < 1.29 is 4.79 Å². The summed E-state index contributed by atoms with van der Waals surface area (Å²) in [7, 11) is 3.83. The van der Waals surface area contributed by atoms with Crippen LogP contribution in [0.3, 0.4) is 0 Å². The molecule has 0 aliphatic carbocycles. The van der Waals surface area contributed by atoms with Gasteiger partial charge < -0.3 is 14.8 Å². The van der Waals surface area contributed by atoms with Gasteiger partial charge in [-0.3, -0.25) is 4.79 Å². The van der Waals surface area contributed by atoms with E-state index >= 15 is 0 Å². The molecule has 1 aliphatic rings. The Hall–Kier alpha value is -1.08. The molecule has 7 heteroatoms. The van der Waals surface area contributed by atoms with Gasteiger partial charge in [-0.05, 0) is 33.2 Å². The highest BCUT2D eigenvalue weighted by atomic mass is 32.2. The Kier molecular flexibility index (Phi) is 5.64. The van der Waals surface area contributed by atoms with Gasteiger partial charge in [-0.15, -0.1) is 10.2 Å². The maximum Gasteiger partial charge on any atom is 0.233 e. The summed E-state index contributed by atoms with van der Waals surface area (Å²) in [5.74, 6) is 1.98. The van der Waals surface area contributed by atoms with Crippen LogP contribution in [0.15, 0.2) is 5.16 Å². The van der Waals surface area contributed by atoms with Gasteiger partial charge in [0.2, 0.25) is 5.91 Å². The lowest BCUT2D eigenvalue weighted by atomic mass is 9.99. The van der Waals surface area contributed by atoms with Crippen LogP contribution in [0.5, 0.6) is 0 Å². The lowest BCUT2D eigenvalue weighted by Gasteiger charge is -2.22. The Morgan fingerprint density at radius 3 is 2.90 bits per heavy atom. The number of hydrogen-bond donors (Lipinski definition) is 1. The number of carbonyl (C=O) groups excluding carboxylic acids is 1. The van der Waals surface area contributed by atoms with Crippen LogP contribution in [-0.2, 0) is 11.8 Å². The standard InChI is InChI=1S/C14H25N5OS/c1-10(2)18(3)12(20)9-21-14-17-16-13(19(14)4)11-6-5-7-15-8-11/h10-11,15H,5-9H2,1-4H3/t11-/m0/s1. The van der Waals surface area contributed by atoms with E-state index in [1.165, 1.54) is 18.2 Å². The molecule has 1 N–H and O–H groups in total. The van der Waals surface area contributed by atoms with E-state index in [0.29, 0.717) is 11.7 Å². The zero-order valence-electron chi connectivity index (χ0n) is 13.3. The van der Waals surface area contributed by atoms with Crippen molar-refractivity contribution in [3.05, 3.63) is 5.82 Å². The second-order valence-electron chi connectivity index (χ2n) is 5.83. The van der Waals surface area contributed by atoms with Crippen LogP contribution in [0.25, 0.3) is 0 Å². The Labute approximate surface area is 130 Å². The first kappa shape index (κ1) is 16.3. The minimum atomic E-state index is 0.124. The van der Waals surface area contributed by atoms with Gasteiger partial charge in [-0.25, -0.2) is 0 Å². The summed E-state index contributed by atoms with van der Waals surface area (Å²) in [6.07, 6.45) is 2.33. The van der Waals surface area contributed by atoms with Crippen LogP contribution < -0.4 is 5.32 Å². The minimum absolute atomic E-state index is 0.124. The summed E-state index contributed by atoms with van der Waals surface area (Å²) < 4.78 is 2.03. The largest absolute Gasteiger partial charge is 0.343 e. The van der Waals surface area contributed by atoms with Crippen LogP contribution in [0.4, 0.5) is 0 Å². The molecule has 0 radical (unpaired) electrons. The van der Waals surface area contributed by atoms with Gasteiger partial charge in [0.25, 0.3) is 0 Å². The van der Waals surface area contributed by atoms with Crippen LogP contribution >= 0.6 is 11.8 Å². The first-order valence-electron chi connectivity index (χ1n) is 7.49. The maximum absolute atomic E-state index is 12.0. The average molecular weight is 311 g/mol. The fraction of sp³-hybridized carbons (Fsp3) is 0.786. The average Bonchev–Trinajstić information content (AvgIpc) is 2.85. The smallest absolute Gasteiger partial charge is 0.233 e. The van der Waals surface area contributed by atoms with Gasteiger partial charge in [-0.1, -0.05) is 11.8 Å². The molecule has 2 heterocycles. The van der Waals surface area contributed by atoms with Gasteiger partial charge in [0.05, 0.1) is 5.75 Å². The van der Waals surface area contributed by atoms with E-state index in [9.17, 15) is 4.79 Å². The number of nitrogens with zero attached hydrogens (tertiary/aromatic N) is 4. The first-order chi connectivity index (χ1) is 10.0. The molecule has 1 fully saturated rings. The third-order valence-electron chi connectivity index (χ3n) is 4.02. The highest BCUT2D eigenvalue weighted by Crippen LogP contribution is 2.24. The highest BCUT2D eigenvalue weighted by molar-refractivity contribution is 7.99. The second kappa shape index (κ2) is 7.26. The summed E-state index contributed by atoms with van der Waals surface area (Å²) in [5.41, 5.74) is 0. The van der Waals surface area contributed by atoms with E-state index < -0.39 is 0 Å². The molecule has 1 atom stereocenters. The Morgan fingerprint density at radius 1 is 1.52 bits per heavy atom. The number of thioether (sulfide) groups is 1. The van der Waals surface area contributed by atoms with E-state index in [2.05, 4.69) is 15.5 Å². The monoisotopic (exact) mass is 311 g/mol. The van der Waals surface area contributed by atoms with E-state index in [0.717, 1.165) is 30.5 Å². The van der Waals surface area contributed by atoms with Crippen molar-refractivity contribution in [2.24, 2.45) is 7.05 Å². The van der Waals surface area contributed by atoms with Gasteiger partial charge in [0.15, 0.2) is 5.16 Å². The number of aromatic nitrogens is 3. The predicted octanol–water partition coefficient (Wildman–Crippen LogP) is 1.24. The van der Waals surface area contributed by atoms with E-state index in [-0.39, 0.29) is 11.9 Å². The molecule has 21 heavy (non-hydrogen) atoms. The molecule has 1 aliphatic heterocycles. The Bertz CT molecular complexity index is 482. The molecule has 1 aromatic heterocycles.